The molecule has 2 rings (SSSR count). The predicted molar refractivity (Wildman–Crippen MR) is 98.3 cm³/mol. The summed E-state index contributed by atoms with van der Waals surface area (Å²) in [5, 5.41) is 10.7. The highest BCUT2D eigenvalue weighted by Gasteiger charge is 2.02. The van der Waals surface area contributed by atoms with Gasteiger partial charge in [0.1, 0.15) is 18.7 Å². The first-order valence-electron chi connectivity index (χ1n) is 8.21. The largest absolute Gasteiger partial charge is 0.378 e. The molecule has 0 aliphatic heterocycles. The van der Waals surface area contributed by atoms with Gasteiger partial charge in [-0.2, -0.15) is 5.10 Å². The van der Waals surface area contributed by atoms with Crippen molar-refractivity contribution in [2.75, 3.05) is 32.1 Å². The van der Waals surface area contributed by atoms with Crippen LogP contribution in [0.4, 0.5) is 5.69 Å². The Morgan fingerprint density at radius 3 is 2.54 bits per heavy atom. The molecular formula is C17H27N7. The van der Waals surface area contributed by atoms with Crippen LogP contribution < -0.4 is 15.5 Å². The number of rotatable bonds is 7. The third kappa shape index (κ3) is 5.26. The number of nitrogens with one attached hydrogen (secondary N) is 2. The minimum absolute atomic E-state index is 0.503. The van der Waals surface area contributed by atoms with Gasteiger partial charge in [-0.15, -0.1) is 0 Å². The lowest BCUT2D eigenvalue weighted by molar-refractivity contribution is 0.697. The molecule has 2 aromatic rings. The van der Waals surface area contributed by atoms with Gasteiger partial charge in [-0.25, -0.2) is 9.98 Å². The van der Waals surface area contributed by atoms with Gasteiger partial charge in [0.05, 0.1) is 0 Å². The number of guanidine groups is 1. The molecule has 1 aromatic carbocycles. The fourth-order valence-electron chi connectivity index (χ4n) is 2.24. The molecule has 1 heterocycles. The molecule has 0 amide bonds. The monoisotopic (exact) mass is 329 g/mol. The zero-order valence-electron chi connectivity index (χ0n) is 15.0. The number of anilines is 1. The van der Waals surface area contributed by atoms with Crippen LogP contribution in [0.3, 0.4) is 0 Å². The Morgan fingerprint density at radius 2 is 1.96 bits per heavy atom. The minimum Gasteiger partial charge on any atom is -0.378 e. The summed E-state index contributed by atoms with van der Waals surface area (Å²) in [6.45, 7) is 4.21. The van der Waals surface area contributed by atoms with Gasteiger partial charge in [0, 0.05) is 39.9 Å². The molecule has 0 saturated carbocycles. The molecule has 0 bridgehead atoms. The molecule has 0 spiro atoms. The van der Waals surface area contributed by atoms with E-state index in [4.69, 9.17) is 0 Å². The second-order valence-electron chi connectivity index (χ2n) is 5.73. The zero-order valence-corrected chi connectivity index (χ0v) is 15.0. The van der Waals surface area contributed by atoms with Crippen LogP contribution >= 0.6 is 0 Å². The van der Waals surface area contributed by atoms with Crippen LogP contribution in [0.2, 0.25) is 0 Å². The van der Waals surface area contributed by atoms with E-state index in [1.54, 1.807) is 11.0 Å². The van der Waals surface area contributed by atoms with Crippen LogP contribution in [-0.4, -0.2) is 47.9 Å². The maximum absolute atomic E-state index is 4.55. The first-order chi connectivity index (χ1) is 11.6. The van der Waals surface area contributed by atoms with Crippen LogP contribution in [0.1, 0.15) is 18.3 Å². The Balaban J connectivity index is 1.85. The van der Waals surface area contributed by atoms with Crippen molar-refractivity contribution in [3.8, 4) is 0 Å². The van der Waals surface area contributed by atoms with Crippen LogP contribution in [-0.2, 0) is 20.0 Å². The molecule has 7 nitrogen and oxygen atoms in total. The van der Waals surface area contributed by atoms with Crippen molar-refractivity contribution in [2.24, 2.45) is 12.0 Å². The van der Waals surface area contributed by atoms with Crippen molar-refractivity contribution in [3.05, 3.63) is 42.0 Å². The molecule has 0 saturated heterocycles. The number of hydrogen-bond acceptors (Lipinski definition) is 4. The Kier molecular flexibility index (Phi) is 6.60. The van der Waals surface area contributed by atoms with Crippen molar-refractivity contribution in [1.82, 2.24) is 25.4 Å². The molecule has 130 valence electrons. The molecule has 0 atom stereocenters. The van der Waals surface area contributed by atoms with E-state index in [0.717, 1.165) is 31.3 Å². The molecular weight excluding hydrogens is 302 g/mol. The van der Waals surface area contributed by atoms with Gasteiger partial charge in [-0.3, -0.25) is 4.68 Å². The van der Waals surface area contributed by atoms with Crippen molar-refractivity contribution in [2.45, 2.75) is 19.9 Å². The van der Waals surface area contributed by atoms with Crippen LogP contribution in [0, 0.1) is 0 Å². The number of aryl methyl sites for hydroxylation is 1. The van der Waals surface area contributed by atoms with E-state index in [1.165, 1.54) is 11.3 Å². The maximum atomic E-state index is 4.55. The third-order valence-corrected chi connectivity index (χ3v) is 3.69. The third-order valence-electron chi connectivity index (χ3n) is 3.69. The number of hydrogen-bond donors (Lipinski definition) is 2. The maximum Gasteiger partial charge on any atom is 0.191 e. The van der Waals surface area contributed by atoms with Gasteiger partial charge in [0.15, 0.2) is 5.96 Å². The lowest BCUT2D eigenvalue weighted by Crippen LogP contribution is -2.38. The predicted octanol–water partition coefficient (Wildman–Crippen LogP) is 1.18. The molecule has 0 aliphatic rings. The van der Waals surface area contributed by atoms with E-state index in [1.807, 2.05) is 21.1 Å². The number of aromatic nitrogens is 3. The first-order valence-corrected chi connectivity index (χ1v) is 8.21. The summed E-state index contributed by atoms with van der Waals surface area (Å²) in [4.78, 5) is 10.8. The lowest BCUT2D eigenvalue weighted by atomic mass is 10.1. The lowest BCUT2D eigenvalue weighted by Gasteiger charge is -2.13. The minimum atomic E-state index is 0.503. The van der Waals surface area contributed by atoms with Gasteiger partial charge in [0.25, 0.3) is 0 Å². The molecule has 1 aromatic heterocycles. The normalized spacial score (nSPS) is 11.4. The molecule has 0 radical (unpaired) electrons. The highest BCUT2D eigenvalue weighted by Crippen LogP contribution is 2.12. The summed E-state index contributed by atoms with van der Waals surface area (Å²) in [6, 6.07) is 8.62. The van der Waals surface area contributed by atoms with E-state index < -0.39 is 0 Å². The summed E-state index contributed by atoms with van der Waals surface area (Å²) in [6.07, 6.45) is 2.49. The van der Waals surface area contributed by atoms with Crippen molar-refractivity contribution in [1.29, 1.82) is 0 Å². The zero-order chi connectivity index (χ0) is 17.4. The fraction of sp³-hybridized carbons (Fsp3) is 0.471. The van der Waals surface area contributed by atoms with Crippen molar-refractivity contribution >= 4 is 11.6 Å². The standard InChI is InChI=1S/C17H27N7/c1-5-18-17(20-12-16-21-13-22-24(16)4)19-11-10-14-6-8-15(9-7-14)23(2)3/h6-9,13H,5,10-12H2,1-4H3,(H2,18,19,20). The van der Waals surface area contributed by atoms with E-state index in [0.29, 0.717) is 6.54 Å². The number of nitrogens with zero attached hydrogens (tertiary/aromatic N) is 5. The van der Waals surface area contributed by atoms with Gasteiger partial charge in [-0.1, -0.05) is 12.1 Å². The van der Waals surface area contributed by atoms with E-state index >= 15 is 0 Å². The Morgan fingerprint density at radius 1 is 1.21 bits per heavy atom. The SMILES string of the molecule is CCNC(=NCc1ncnn1C)NCCc1ccc(N(C)C)cc1. The second kappa shape index (κ2) is 8.90. The summed E-state index contributed by atoms with van der Waals surface area (Å²) >= 11 is 0. The summed E-state index contributed by atoms with van der Waals surface area (Å²) < 4.78 is 1.74. The highest BCUT2D eigenvalue weighted by molar-refractivity contribution is 5.79. The van der Waals surface area contributed by atoms with Gasteiger partial charge in [0.2, 0.25) is 0 Å². The van der Waals surface area contributed by atoms with Gasteiger partial charge in [-0.05, 0) is 31.0 Å². The van der Waals surface area contributed by atoms with E-state index in [9.17, 15) is 0 Å². The van der Waals surface area contributed by atoms with Crippen LogP contribution in [0.15, 0.2) is 35.6 Å². The van der Waals surface area contributed by atoms with Gasteiger partial charge < -0.3 is 15.5 Å². The Bertz CT molecular complexity index is 643. The summed E-state index contributed by atoms with van der Waals surface area (Å²) in [5.74, 6) is 1.64. The molecule has 0 fully saturated rings. The Labute approximate surface area is 143 Å². The van der Waals surface area contributed by atoms with Crippen LogP contribution in [0.25, 0.3) is 0 Å². The average Bonchev–Trinajstić information content (AvgIpc) is 2.98. The topological polar surface area (TPSA) is 70.4 Å². The van der Waals surface area contributed by atoms with E-state index in [-0.39, 0.29) is 0 Å². The Hall–Kier alpha value is -2.57. The van der Waals surface area contributed by atoms with Gasteiger partial charge >= 0.3 is 0 Å². The fourth-order valence-corrected chi connectivity index (χ4v) is 2.24. The molecule has 0 unspecified atom stereocenters. The molecule has 2 N–H and O–H groups in total. The van der Waals surface area contributed by atoms with Crippen molar-refractivity contribution < 1.29 is 0 Å². The summed E-state index contributed by atoms with van der Waals surface area (Å²) in [5.41, 5.74) is 2.52. The van der Waals surface area contributed by atoms with E-state index in [2.05, 4.69) is 61.8 Å². The average molecular weight is 329 g/mol. The molecule has 24 heavy (non-hydrogen) atoms. The molecule has 0 aliphatic carbocycles. The second-order valence-corrected chi connectivity index (χ2v) is 5.73. The quantitative estimate of drug-likeness (QED) is 0.590. The first kappa shape index (κ1) is 17.8. The highest BCUT2D eigenvalue weighted by atomic mass is 15.3. The van der Waals surface area contributed by atoms with Crippen LogP contribution in [0.5, 0.6) is 0 Å². The van der Waals surface area contributed by atoms with Crippen molar-refractivity contribution in [3.63, 3.8) is 0 Å². The molecule has 7 heteroatoms. The number of benzene rings is 1. The number of aliphatic imine (C=N–C) groups is 1. The summed E-state index contributed by atoms with van der Waals surface area (Å²) in [7, 11) is 5.97. The smallest absolute Gasteiger partial charge is 0.191 e.